The molecule has 5 heteroatoms. The van der Waals surface area contributed by atoms with Crippen LogP contribution in [0.3, 0.4) is 0 Å². The van der Waals surface area contributed by atoms with E-state index in [2.05, 4.69) is 9.97 Å². The van der Waals surface area contributed by atoms with Gasteiger partial charge in [-0.15, -0.1) is 0 Å². The van der Waals surface area contributed by atoms with Crippen LogP contribution in [0.5, 0.6) is 0 Å². The van der Waals surface area contributed by atoms with Gasteiger partial charge in [-0.2, -0.15) is 0 Å². The Hall–Kier alpha value is -1.23. The Morgan fingerprint density at radius 3 is 2.75 bits per heavy atom. The number of carbonyl (C=O) groups is 1. The molecule has 0 aromatic carbocycles. The second-order valence-corrected chi connectivity index (χ2v) is 4.54. The SMILES string of the molecule is O=C(O)c1cnc(=S)[nH]c1C1CCCCC1. The van der Waals surface area contributed by atoms with Crippen molar-refractivity contribution in [1.29, 1.82) is 0 Å². The minimum absolute atomic E-state index is 0.264. The smallest absolute Gasteiger partial charge is 0.339 e. The van der Waals surface area contributed by atoms with Gasteiger partial charge in [-0.05, 0) is 31.0 Å². The van der Waals surface area contributed by atoms with E-state index in [9.17, 15) is 4.79 Å². The highest BCUT2D eigenvalue weighted by Crippen LogP contribution is 2.32. The molecule has 0 bridgehead atoms. The monoisotopic (exact) mass is 238 g/mol. The third-order valence-corrected chi connectivity index (χ3v) is 3.29. The number of hydrogen-bond acceptors (Lipinski definition) is 3. The molecule has 1 heterocycles. The molecule has 86 valence electrons. The molecule has 0 radical (unpaired) electrons. The topological polar surface area (TPSA) is 66.0 Å². The molecule has 4 nitrogen and oxygen atoms in total. The third kappa shape index (κ3) is 2.29. The molecule has 1 aliphatic rings. The van der Waals surface area contributed by atoms with Crippen LogP contribution in [0.15, 0.2) is 6.20 Å². The molecule has 0 aliphatic heterocycles. The van der Waals surface area contributed by atoms with E-state index in [4.69, 9.17) is 17.3 Å². The van der Waals surface area contributed by atoms with Crippen molar-refractivity contribution < 1.29 is 9.90 Å². The summed E-state index contributed by atoms with van der Waals surface area (Å²) in [5, 5.41) is 9.09. The van der Waals surface area contributed by atoms with Crippen LogP contribution in [0.1, 0.15) is 54.1 Å². The van der Waals surface area contributed by atoms with Crippen molar-refractivity contribution in [1.82, 2.24) is 9.97 Å². The average Bonchev–Trinajstić information content (AvgIpc) is 2.29. The van der Waals surface area contributed by atoms with E-state index in [0.717, 1.165) is 31.4 Å². The summed E-state index contributed by atoms with van der Waals surface area (Å²) < 4.78 is 0.366. The van der Waals surface area contributed by atoms with Gasteiger partial charge in [0.05, 0.1) is 5.56 Å². The van der Waals surface area contributed by atoms with Crippen molar-refractivity contribution in [3.63, 3.8) is 0 Å². The molecule has 0 spiro atoms. The highest BCUT2D eigenvalue weighted by molar-refractivity contribution is 7.71. The maximum atomic E-state index is 11.1. The number of H-pyrrole nitrogens is 1. The van der Waals surface area contributed by atoms with E-state index >= 15 is 0 Å². The van der Waals surface area contributed by atoms with Gasteiger partial charge in [0.1, 0.15) is 0 Å². The maximum Gasteiger partial charge on any atom is 0.339 e. The maximum absolute atomic E-state index is 11.1. The molecule has 0 unspecified atom stereocenters. The molecule has 1 fully saturated rings. The molecule has 1 saturated carbocycles. The summed E-state index contributed by atoms with van der Waals surface area (Å²) in [5.41, 5.74) is 1.02. The average molecular weight is 238 g/mol. The zero-order valence-corrected chi connectivity index (χ0v) is 9.72. The summed E-state index contributed by atoms with van der Waals surface area (Å²) in [6.45, 7) is 0. The summed E-state index contributed by atoms with van der Waals surface area (Å²) in [4.78, 5) is 17.9. The minimum Gasteiger partial charge on any atom is -0.478 e. The van der Waals surface area contributed by atoms with Crippen molar-refractivity contribution in [2.75, 3.05) is 0 Å². The quantitative estimate of drug-likeness (QED) is 0.777. The van der Waals surface area contributed by atoms with Gasteiger partial charge >= 0.3 is 5.97 Å². The van der Waals surface area contributed by atoms with Crippen molar-refractivity contribution >= 4 is 18.2 Å². The Labute approximate surface area is 98.7 Å². The molecule has 16 heavy (non-hydrogen) atoms. The van der Waals surface area contributed by atoms with Crippen molar-refractivity contribution in [3.05, 3.63) is 22.2 Å². The number of carboxylic acids is 1. The predicted molar refractivity (Wildman–Crippen MR) is 62.2 cm³/mol. The molecule has 1 aromatic heterocycles. The number of aromatic nitrogens is 2. The Balaban J connectivity index is 2.40. The number of carboxylic acid groups (broad SMARTS) is 1. The number of rotatable bonds is 2. The first-order chi connectivity index (χ1) is 7.68. The lowest BCUT2D eigenvalue weighted by Gasteiger charge is -2.22. The third-order valence-electron chi connectivity index (χ3n) is 3.09. The Bertz CT molecular complexity index is 450. The Morgan fingerprint density at radius 2 is 2.12 bits per heavy atom. The highest BCUT2D eigenvalue weighted by Gasteiger charge is 2.22. The van der Waals surface area contributed by atoms with E-state index in [1.807, 2.05) is 0 Å². The van der Waals surface area contributed by atoms with E-state index in [-0.39, 0.29) is 5.56 Å². The number of aromatic carboxylic acids is 1. The highest BCUT2D eigenvalue weighted by atomic mass is 32.1. The fourth-order valence-electron chi connectivity index (χ4n) is 2.29. The zero-order valence-electron chi connectivity index (χ0n) is 8.90. The number of hydrogen-bond donors (Lipinski definition) is 2. The molecular formula is C11H14N2O2S. The summed E-state index contributed by atoms with van der Waals surface area (Å²) in [7, 11) is 0. The molecule has 2 rings (SSSR count). The minimum atomic E-state index is -0.931. The lowest BCUT2D eigenvalue weighted by Crippen LogP contribution is -2.13. The van der Waals surface area contributed by atoms with Crippen molar-refractivity contribution in [2.45, 2.75) is 38.0 Å². The molecule has 0 amide bonds. The normalized spacial score (nSPS) is 17.2. The van der Waals surface area contributed by atoms with Crippen LogP contribution in [-0.2, 0) is 0 Å². The van der Waals surface area contributed by atoms with E-state index in [0.29, 0.717) is 10.7 Å². The number of nitrogens with zero attached hydrogens (tertiary/aromatic N) is 1. The van der Waals surface area contributed by atoms with Crippen LogP contribution >= 0.6 is 12.2 Å². The standard InChI is InChI=1S/C11H14N2O2S/c14-10(15)8-6-12-11(16)13-9(8)7-4-2-1-3-5-7/h6-7H,1-5H2,(H,14,15)(H,12,13,16). The lowest BCUT2D eigenvalue weighted by atomic mass is 9.85. The van der Waals surface area contributed by atoms with Gasteiger partial charge in [0.15, 0.2) is 4.77 Å². The van der Waals surface area contributed by atoms with Crippen molar-refractivity contribution in [3.8, 4) is 0 Å². The molecule has 1 aliphatic carbocycles. The van der Waals surface area contributed by atoms with Crippen LogP contribution in [0.2, 0.25) is 0 Å². The van der Waals surface area contributed by atoms with Gasteiger partial charge in [-0.3, -0.25) is 0 Å². The van der Waals surface area contributed by atoms with E-state index < -0.39 is 5.97 Å². The zero-order chi connectivity index (χ0) is 11.5. The summed E-state index contributed by atoms with van der Waals surface area (Å²) in [6.07, 6.45) is 7.00. The van der Waals surface area contributed by atoms with Gasteiger partial charge in [0.25, 0.3) is 0 Å². The van der Waals surface area contributed by atoms with Gasteiger partial charge < -0.3 is 10.1 Å². The molecule has 2 N–H and O–H groups in total. The second-order valence-electron chi connectivity index (χ2n) is 4.16. The fraction of sp³-hybridized carbons (Fsp3) is 0.545. The predicted octanol–water partition coefficient (Wildman–Crippen LogP) is 2.89. The molecule has 0 atom stereocenters. The fourth-order valence-corrected chi connectivity index (χ4v) is 2.45. The first kappa shape index (κ1) is 11.3. The van der Waals surface area contributed by atoms with Crippen LogP contribution in [0.4, 0.5) is 0 Å². The van der Waals surface area contributed by atoms with Crippen LogP contribution < -0.4 is 0 Å². The largest absolute Gasteiger partial charge is 0.478 e. The van der Waals surface area contributed by atoms with Crippen LogP contribution in [-0.4, -0.2) is 21.0 Å². The van der Waals surface area contributed by atoms with Gasteiger partial charge in [-0.25, -0.2) is 9.78 Å². The molecule has 1 aromatic rings. The van der Waals surface area contributed by atoms with Gasteiger partial charge in [0, 0.05) is 11.9 Å². The number of nitrogens with one attached hydrogen (secondary N) is 1. The lowest BCUT2D eigenvalue weighted by molar-refractivity contribution is 0.0693. The second kappa shape index (κ2) is 4.74. The number of aromatic amines is 1. The molecule has 0 saturated heterocycles. The van der Waals surface area contributed by atoms with Crippen molar-refractivity contribution in [2.24, 2.45) is 0 Å². The molecular weight excluding hydrogens is 224 g/mol. The van der Waals surface area contributed by atoms with Crippen LogP contribution in [0.25, 0.3) is 0 Å². The Kier molecular flexibility index (Phi) is 3.33. The Morgan fingerprint density at radius 1 is 1.44 bits per heavy atom. The first-order valence-corrected chi connectivity index (χ1v) is 5.92. The van der Waals surface area contributed by atoms with Gasteiger partial charge in [-0.1, -0.05) is 19.3 Å². The summed E-state index contributed by atoms with van der Waals surface area (Å²) in [5.74, 6) is -0.635. The van der Waals surface area contributed by atoms with E-state index in [1.165, 1.54) is 12.6 Å². The summed E-state index contributed by atoms with van der Waals surface area (Å²) >= 11 is 4.96. The van der Waals surface area contributed by atoms with Gasteiger partial charge in [0.2, 0.25) is 0 Å². The summed E-state index contributed by atoms with van der Waals surface area (Å²) in [6, 6.07) is 0. The van der Waals surface area contributed by atoms with E-state index in [1.54, 1.807) is 0 Å². The van der Waals surface area contributed by atoms with Crippen LogP contribution in [0, 0.1) is 4.77 Å². The first-order valence-electron chi connectivity index (χ1n) is 5.51.